The molecule has 1 unspecified atom stereocenters. The van der Waals surface area contributed by atoms with Crippen LogP contribution in [0.2, 0.25) is 0 Å². The first-order valence-corrected chi connectivity index (χ1v) is 3.38. The van der Waals surface area contributed by atoms with Crippen LogP contribution in [-0.4, -0.2) is 31.7 Å². The summed E-state index contributed by atoms with van der Waals surface area (Å²) < 4.78 is 5.20. The number of hydrogen-bond acceptors (Lipinski definition) is 2. The molecule has 0 radical (unpaired) electrons. The molecule has 9 heavy (non-hydrogen) atoms. The molecule has 0 aromatic carbocycles. The molecule has 0 aliphatic carbocycles. The fourth-order valence-electron chi connectivity index (χ4n) is 1.17. The molecule has 0 amide bonds. The first kappa shape index (κ1) is 7.03. The maximum absolute atomic E-state index is 5.20. The lowest BCUT2D eigenvalue weighted by Gasteiger charge is -2.21. The van der Waals surface area contributed by atoms with E-state index in [1.54, 1.807) is 0 Å². The Morgan fingerprint density at radius 2 is 2.56 bits per heavy atom. The molecular weight excluding hydrogens is 114 g/mol. The van der Waals surface area contributed by atoms with E-state index in [9.17, 15) is 0 Å². The molecule has 1 saturated heterocycles. The molecule has 54 valence electrons. The zero-order valence-corrected chi connectivity index (χ0v) is 5.97. The molecule has 1 aliphatic rings. The quantitative estimate of drug-likeness (QED) is 0.509. The van der Waals surface area contributed by atoms with E-state index in [1.165, 1.54) is 6.42 Å². The Morgan fingerprint density at radius 1 is 1.78 bits per heavy atom. The first-order valence-electron chi connectivity index (χ1n) is 3.38. The molecule has 1 rings (SSSR count). The van der Waals surface area contributed by atoms with Crippen molar-refractivity contribution in [2.45, 2.75) is 6.42 Å². The SMILES string of the molecule is [CH2-]N(C)CC1CCOC1. The normalized spacial score (nSPS) is 27.7. The summed E-state index contributed by atoms with van der Waals surface area (Å²) in [6.45, 7) is 2.94. The highest BCUT2D eigenvalue weighted by Gasteiger charge is 2.13. The highest BCUT2D eigenvalue weighted by Crippen LogP contribution is 2.12. The van der Waals surface area contributed by atoms with Gasteiger partial charge < -0.3 is 9.64 Å². The molecule has 0 spiro atoms. The van der Waals surface area contributed by atoms with Gasteiger partial charge >= 0.3 is 0 Å². The third-order valence-electron chi connectivity index (χ3n) is 1.59. The van der Waals surface area contributed by atoms with Crippen LogP contribution >= 0.6 is 0 Å². The predicted octanol–water partition coefficient (Wildman–Crippen LogP) is 0.746. The molecule has 0 aromatic rings. The van der Waals surface area contributed by atoms with Crippen LogP contribution in [-0.2, 0) is 4.74 Å². The van der Waals surface area contributed by atoms with Crippen LogP contribution in [0.4, 0.5) is 0 Å². The summed E-state index contributed by atoms with van der Waals surface area (Å²) in [5, 5.41) is 0. The van der Waals surface area contributed by atoms with Crippen molar-refractivity contribution in [2.24, 2.45) is 5.92 Å². The molecular formula is C7H14NO-. The van der Waals surface area contributed by atoms with Gasteiger partial charge in [-0.2, -0.15) is 0 Å². The average molecular weight is 128 g/mol. The Morgan fingerprint density at radius 3 is 3.00 bits per heavy atom. The Bertz CT molecular complexity index is 77.0. The van der Waals surface area contributed by atoms with E-state index in [0.717, 1.165) is 25.7 Å². The Hall–Kier alpha value is -0.0800. The Labute approximate surface area is 56.8 Å². The predicted molar refractivity (Wildman–Crippen MR) is 36.9 cm³/mol. The summed E-state index contributed by atoms with van der Waals surface area (Å²) in [4.78, 5) is 1.97. The molecule has 1 heterocycles. The van der Waals surface area contributed by atoms with Gasteiger partial charge in [0.1, 0.15) is 0 Å². The summed E-state index contributed by atoms with van der Waals surface area (Å²) in [6.07, 6.45) is 1.21. The van der Waals surface area contributed by atoms with E-state index in [4.69, 9.17) is 4.74 Å². The van der Waals surface area contributed by atoms with E-state index >= 15 is 0 Å². The minimum atomic E-state index is 0.729. The second-order valence-corrected chi connectivity index (χ2v) is 2.77. The maximum Gasteiger partial charge on any atom is 0.0506 e. The molecule has 1 atom stereocenters. The number of rotatable bonds is 2. The van der Waals surface area contributed by atoms with Crippen molar-refractivity contribution in [2.75, 3.05) is 26.8 Å². The standard InChI is InChI=1S/C7H14NO/c1-8(2)5-7-3-4-9-6-7/h7H,1,3-6H2,2H3/q-1. The summed E-state index contributed by atoms with van der Waals surface area (Å²) in [5.74, 6) is 0.729. The lowest BCUT2D eigenvalue weighted by Crippen LogP contribution is -2.19. The van der Waals surface area contributed by atoms with E-state index < -0.39 is 0 Å². The molecule has 0 N–H and O–H groups in total. The lowest BCUT2D eigenvalue weighted by atomic mass is 10.1. The van der Waals surface area contributed by atoms with Gasteiger partial charge in [-0.15, -0.1) is 0 Å². The molecule has 0 bridgehead atoms. The van der Waals surface area contributed by atoms with Gasteiger partial charge in [0.25, 0.3) is 0 Å². The van der Waals surface area contributed by atoms with Gasteiger partial charge in [-0.3, -0.25) is 7.05 Å². The van der Waals surface area contributed by atoms with Crippen LogP contribution in [0.1, 0.15) is 6.42 Å². The van der Waals surface area contributed by atoms with Crippen LogP contribution in [0.15, 0.2) is 0 Å². The topological polar surface area (TPSA) is 12.5 Å². The van der Waals surface area contributed by atoms with Crippen molar-refractivity contribution in [3.05, 3.63) is 7.05 Å². The van der Waals surface area contributed by atoms with Gasteiger partial charge in [0.15, 0.2) is 0 Å². The van der Waals surface area contributed by atoms with Crippen molar-refractivity contribution in [1.29, 1.82) is 0 Å². The molecule has 0 saturated carbocycles. The van der Waals surface area contributed by atoms with Crippen molar-refractivity contribution in [1.82, 2.24) is 4.90 Å². The lowest BCUT2D eigenvalue weighted by molar-refractivity contribution is 0.179. The second-order valence-electron chi connectivity index (χ2n) is 2.77. The van der Waals surface area contributed by atoms with Crippen molar-refractivity contribution >= 4 is 0 Å². The molecule has 0 aromatic heterocycles. The van der Waals surface area contributed by atoms with Crippen molar-refractivity contribution < 1.29 is 4.74 Å². The fraction of sp³-hybridized carbons (Fsp3) is 0.857. The van der Waals surface area contributed by atoms with Crippen LogP contribution < -0.4 is 0 Å². The zero-order valence-electron chi connectivity index (χ0n) is 5.97. The minimum absolute atomic E-state index is 0.729. The highest BCUT2D eigenvalue weighted by atomic mass is 16.5. The molecule has 1 fully saturated rings. The van der Waals surface area contributed by atoms with Crippen LogP contribution in [0.25, 0.3) is 0 Å². The fourth-order valence-corrected chi connectivity index (χ4v) is 1.17. The summed E-state index contributed by atoms with van der Waals surface area (Å²) in [5.41, 5.74) is 0. The Kier molecular flexibility index (Phi) is 2.49. The van der Waals surface area contributed by atoms with Crippen LogP contribution in [0.3, 0.4) is 0 Å². The minimum Gasteiger partial charge on any atom is -0.461 e. The molecule has 1 aliphatic heterocycles. The molecule has 2 nitrogen and oxygen atoms in total. The van der Waals surface area contributed by atoms with E-state index in [1.807, 2.05) is 11.9 Å². The van der Waals surface area contributed by atoms with Gasteiger partial charge in [0.2, 0.25) is 0 Å². The largest absolute Gasteiger partial charge is 0.461 e. The van der Waals surface area contributed by atoms with Crippen LogP contribution in [0, 0.1) is 13.0 Å². The Balaban J connectivity index is 2.11. The van der Waals surface area contributed by atoms with Crippen LogP contribution in [0.5, 0.6) is 0 Å². The van der Waals surface area contributed by atoms with Gasteiger partial charge in [-0.05, 0) is 25.9 Å². The number of hydrogen-bond donors (Lipinski definition) is 0. The molecule has 2 heteroatoms. The van der Waals surface area contributed by atoms with Gasteiger partial charge in [0, 0.05) is 6.61 Å². The third-order valence-corrected chi connectivity index (χ3v) is 1.59. The third kappa shape index (κ3) is 2.33. The number of ether oxygens (including phenoxy) is 1. The van der Waals surface area contributed by atoms with E-state index in [2.05, 4.69) is 7.05 Å². The van der Waals surface area contributed by atoms with Crippen molar-refractivity contribution in [3.63, 3.8) is 0 Å². The van der Waals surface area contributed by atoms with Gasteiger partial charge in [-0.25, -0.2) is 0 Å². The van der Waals surface area contributed by atoms with Crippen molar-refractivity contribution in [3.8, 4) is 0 Å². The first-order chi connectivity index (χ1) is 4.29. The maximum atomic E-state index is 5.20. The smallest absolute Gasteiger partial charge is 0.0506 e. The summed E-state index contributed by atoms with van der Waals surface area (Å²) in [7, 11) is 5.78. The van der Waals surface area contributed by atoms with Gasteiger partial charge in [0.05, 0.1) is 6.61 Å². The van der Waals surface area contributed by atoms with Gasteiger partial charge in [-0.1, -0.05) is 0 Å². The average Bonchev–Trinajstić information content (AvgIpc) is 2.15. The monoisotopic (exact) mass is 128 g/mol. The summed E-state index contributed by atoms with van der Waals surface area (Å²) >= 11 is 0. The highest BCUT2D eigenvalue weighted by molar-refractivity contribution is 4.66. The zero-order chi connectivity index (χ0) is 6.69. The van der Waals surface area contributed by atoms with E-state index in [0.29, 0.717) is 0 Å². The van der Waals surface area contributed by atoms with E-state index in [-0.39, 0.29) is 0 Å². The number of nitrogens with zero attached hydrogens (tertiary/aromatic N) is 1. The summed E-state index contributed by atoms with van der Waals surface area (Å²) in [6, 6.07) is 0. The second kappa shape index (κ2) is 3.18.